The number of aromatic amines is 1. The number of ether oxygens (including phenoxy) is 1. The quantitative estimate of drug-likeness (QED) is 0.380. The number of nitrogens with zero attached hydrogens (tertiary/aromatic N) is 1. The number of piperidine rings is 1. The van der Waals surface area contributed by atoms with Crippen molar-refractivity contribution in [3.8, 4) is 5.75 Å². The van der Waals surface area contributed by atoms with Crippen LogP contribution < -0.4 is 4.74 Å². The van der Waals surface area contributed by atoms with Crippen molar-refractivity contribution in [2.24, 2.45) is 0 Å². The van der Waals surface area contributed by atoms with Crippen molar-refractivity contribution in [2.45, 2.75) is 51.7 Å². The fourth-order valence-electron chi connectivity index (χ4n) is 5.08. The molecule has 1 fully saturated rings. The standard InChI is InChI=1S/C27H32N2O2S/c1-17-6-4-9-26-22(17)14-27(32-26)20-10-11-29(19(3)13-20)15-21(30)16-31-25-8-5-7-24-23(25)12-18(2)28-24/h4-9,12,14,19-21,28,30H,10-11,13,15-16H2,1-3H3/t19-,20+,21+/m1/s1. The number of hydrogen-bond donors (Lipinski definition) is 2. The molecule has 0 saturated carbocycles. The molecule has 2 aromatic carbocycles. The van der Waals surface area contributed by atoms with Crippen LogP contribution in [0, 0.1) is 13.8 Å². The molecule has 0 aliphatic carbocycles. The highest BCUT2D eigenvalue weighted by molar-refractivity contribution is 7.19. The Bertz CT molecular complexity index is 1230. The first-order valence-electron chi connectivity index (χ1n) is 11.6. The van der Waals surface area contributed by atoms with Crippen molar-refractivity contribution >= 4 is 32.3 Å². The molecule has 1 aliphatic heterocycles. The van der Waals surface area contributed by atoms with Crippen LogP contribution in [0.1, 0.15) is 41.8 Å². The van der Waals surface area contributed by atoms with Crippen molar-refractivity contribution in [2.75, 3.05) is 19.7 Å². The van der Waals surface area contributed by atoms with Gasteiger partial charge in [0.25, 0.3) is 0 Å². The van der Waals surface area contributed by atoms with Gasteiger partial charge < -0.3 is 14.8 Å². The summed E-state index contributed by atoms with van der Waals surface area (Å²) in [6.45, 7) is 8.52. The molecule has 5 heteroatoms. The number of likely N-dealkylation sites (tertiary alicyclic amines) is 1. The molecule has 2 N–H and O–H groups in total. The lowest BCUT2D eigenvalue weighted by Gasteiger charge is -2.38. The van der Waals surface area contributed by atoms with Crippen LogP contribution in [0.4, 0.5) is 0 Å². The van der Waals surface area contributed by atoms with Gasteiger partial charge in [-0.15, -0.1) is 11.3 Å². The van der Waals surface area contributed by atoms with Crippen LogP contribution >= 0.6 is 11.3 Å². The van der Waals surface area contributed by atoms with Gasteiger partial charge in [0.2, 0.25) is 0 Å². The van der Waals surface area contributed by atoms with Crippen molar-refractivity contribution in [3.63, 3.8) is 0 Å². The summed E-state index contributed by atoms with van der Waals surface area (Å²) < 4.78 is 7.41. The Labute approximate surface area is 193 Å². The Morgan fingerprint density at radius 2 is 2.00 bits per heavy atom. The maximum Gasteiger partial charge on any atom is 0.128 e. The molecule has 5 rings (SSSR count). The van der Waals surface area contributed by atoms with Crippen molar-refractivity contribution < 1.29 is 9.84 Å². The van der Waals surface area contributed by atoms with Crippen molar-refractivity contribution in [3.05, 3.63) is 64.7 Å². The number of nitrogens with one attached hydrogen (secondary N) is 1. The van der Waals surface area contributed by atoms with Gasteiger partial charge in [0, 0.05) is 38.8 Å². The third-order valence-corrected chi connectivity index (χ3v) is 8.11. The smallest absolute Gasteiger partial charge is 0.128 e. The largest absolute Gasteiger partial charge is 0.490 e. The molecule has 168 valence electrons. The maximum absolute atomic E-state index is 10.7. The van der Waals surface area contributed by atoms with E-state index in [2.05, 4.69) is 60.1 Å². The number of thiophene rings is 1. The van der Waals surface area contributed by atoms with E-state index < -0.39 is 6.10 Å². The zero-order valence-electron chi connectivity index (χ0n) is 19.1. The number of fused-ring (bicyclic) bond motifs is 2. The monoisotopic (exact) mass is 448 g/mol. The molecule has 1 aliphatic rings. The topological polar surface area (TPSA) is 48.5 Å². The minimum Gasteiger partial charge on any atom is -0.490 e. The van der Waals surface area contributed by atoms with Gasteiger partial charge in [0.15, 0.2) is 0 Å². The summed E-state index contributed by atoms with van der Waals surface area (Å²) in [4.78, 5) is 7.27. The molecule has 0 amide bonds. The minimum atomic E-state index is -0.503. The lowest BCUT2D eigenvalue weighted by atomic mass is 9.90. The number of hydrogen-bond acceptors (Lipinski definition) is 4. The third kappa shape index (κ3) is 4.29. The molecule has 0 spiro atoms. The highest BCUT2D eigenvalue weighted by Crippen LogP contribution is 2.39. The Kier molecular flexibility index (Phi) is 5.97. The molecule has 0 radical (unpaired) electrons. The fourth-order valence-corrected chi connectivity index (χ4v) is 6.37. The highest BCUT2D eigenvalue weighted by Gasteiger charge is 2.29. The molecular formula is C27H32N2O2S. The number of benzene rings is 2. The number of aryl methyl sites for hydroxylation is 2. The van der Waals surface area contributed by atoms with Gasteiger partial charge in [0.05, 0.1) is 0 Å². The molecule has 1 saturated heterocycles. The number of H-pyrrole nitrogens is 1. The number of aliphatic hydroxyl groups is 1. The van der Waals surface area contributed by atoms with Crippen LogP contribution in [-0.4, -0.2) is 46.8 Å². The Morgan fingerprint density at radius 3 is 2.81 bits per heavy atom. The highest BCUT2D eigenvalue weighted by atomic mass is 32.1. The minimum absolute atomic E-state index is 0.311. The van der Waals surface area contributed by atoms with Crippen LogP contribution in [0.2, 0.25) is 0 Å². The van der Waals surface area contributed by atoms with E-state index in [1.807, 2.05) is 30.4 Å². The van der Waals surface area contributed by atoms with E-state index in [0.29, 0.717) is 25.1 Å². The first kappa shape index (κ1) is 21.5. The number of aliphatic hydroxyl groups excluding tert-OH is 1. The Hall–Kier alpha value is -2.34. The Balaban J connectivity index is 1.18. The van der Waals surface area contributed by atoms with E-state index in [4.69, 9.17) is 4.74 Å². The van der Waals surface area contributed by atoms with Gasteiger partial charge >= 0.3 is 0 Å². The molecule has 32 heavy (non-hydrogen) atoms. The summed E-state index contributed by atoms with van der Waals surface area (Å²) in [6.07, 6.45) is 1.78. The molecule has 4 nitrogen and oxygen atoms in total. The first-order valence-corrected chi connectivity index (χ1v) is 12.4. The number of rotatable bonds is 6. The SMILES string of the molecule is Cc1cc2c(OC[C@@H](O)CN3CC[C@H](c4cc5c(C)cccc5s4)C[C@H]3C)cccc2[nH]1. The van der Waals surface area contributed by atoms with Crippen molar-refractivity contribution in [1.29, 1.82) is 0 Å². The normalized spacial score (nSPS) is 20.8. The molecule has 0 unspecified atom stereocenters. The lowest BCUT2D eigenvalue weighted by molar-refractivity contribution is 0.0408. The van der Waals surface area contributed by atoms with E-state index in [1.165, 1.54) is 20.5 Å². The second-order valence-electron chi connectivity index (χ2n) is 9.34. The van der Waals surface area contributed by atoms with Crippen molar-refractivity contribution in [1.82, 2.24) is 9.88 Å². The van der Waals surface area contributed by atoms with Gasteiger partial charge in [-0.05, 0) is 87.4 Å². The second kappa shape index (κ2) is 8.89. The van der Waals surface area contributed by atoms with Crippen LogP contribution in [0.5, 0.6) is 5.75 Å². The first-order chi connectivity index (χ1) is 15.5. The van der Waals surface area contributed by atoms with Gasteiger partial charge in [-0.1, -0.05) is 18.2 Å². The average Bonchev–Trinajstić information content (AvgIpc) is 3.37. The van der Waals surface area contributed by atoms with Crippen LogP contribution in [0.3, 0.4) is 0 Å². The van der Waals surface area contributed by atoms with Crippen LogP contribution in [-0.2, 0) is 0 Å². The molecule has 0 bridgehead atoms. The second-order valence-corrected chi connectivity index (χ2v) is 10.5. The van der Waals surface area contributed by atoms with Crippen LogP contribution in [0.25, 0.3) is 21.0 Å². The van der Waals surface area contributed by atoms with Crippen LogP contribution in [0.15, 0.2) is 48.5 Å². The summed E-state index contributed by atoms with van der Waals surface area (Å²) in [5.41, 5.74) is 3.55. The number of aromatic nitrogens is 1. The van der Waals surface area contributed by atoms with Gasteiger partial charge in [-0.25, -0.2) is 0 Å². The van der Waals surface area contributed by atoms with Gasteiger partial charge in [-0.2, -0.15) is 0 Å². The predicted molar refractivity (Wildman–Crippen MR) is 134 cm³/mol. The summed E-state index contributed by atoms with van der Waals surface area (Å²) >= 11 is 1.95. The third-order valence-electron chi connectivity index (χ3n) is 6.85. The Morgan fingerprint density at radius 1 is 1.16 bits per heavy atom. The van der Waals surface area contributed by atoms with E-state index >= 15 is 0 Å². The molecule has 2 aromatic heterocycles. The molecule has 3 atom stereocenters. The molecule has 3 heterocycles. The summed E-state index contributed by atoms with van der Waals surface area (Å²) in [7, 11) is 0. The summed E-state index contributed by atoms with van der Waals surface area (Å²) in [5.74, 6) is 1.44. The van der Waals surface area contributed by atoms with E-state index in [9.17, 15) is 5.11 Å². The van der Waals surface area contributed by atoms with Gasteiger partial charge in [-0.3, -0.25) is 4.90 Å². The zero-order valence-corrected chi connectivity index (χ0v) is 19.9. The zero-order chi connectivity index (χ0) is 22.2. The van der Waals surface area contributed by atoms with E-state index in [0.717, 1.165) is 41.7 Å². The molecule has 4 aromatic rings. The maximum atomic E-state index is 10.7. The number of β-amino-alcohol motifs (C(OH)–C–C–N with tert-alkyl or cyclic N) is 1. The molecular weight excluding hydrogens is 416 g/mol. The van der Waals surface area contributed by atoms with E-state index in [1.54, 1.807) is 0 Å². The van der Waals surface area contributed by atoms with Gasteiger partial charge in [0.1, 0.15) is 18.5 Å². The summed E-state index contributed by atoms with van der Waals surface area (Å²) in [5, 5.41) is 13.2. The predicted octanol–water partition coefficient (Wildman–Crippen LogP) is 6.01. The summed E-state index contributed by atoms with van der Waals surface area (Å²) in [6, 6.07) is 17.6. The average molecular weight is 449 g/mol. The fraction of sp³-hybridized carbons (Fsp3) is 0.407. The lowest BCUT2D eigenvalue weighted by Crippen LogP contribution is -2.45. The van der Waals surface area contributed by atoms with E-state index in [-0.39, 0.29) is 0 Å².